The average Bonchev–Trinajstić information content (AvgIpc) is 3.40. The van der Waals surface area contributed by atoms with Gasteiger partial charge in [-0.25, -0.2) is 0 Å². The zero-order valence-electron chi connectivity index (χ0n) is 34.2. The molecular weight excluding hydrogens is 639 g/mol. The van der Waals surface area contributed by atoms with E-state index in [0.717, 1.165) is 12.8 Å². The molecule has 0 spiro atoms. The van der Waals surface area contributed by atoms with E-state index in [-0.39, 0.29) is 5.41 Å². The molecule has 0 bridgehead atoms. The van der Waals surface area contributed by atoms with E-state index in [1.54, 1.807) is 0 Å². The van der Waals surface area contributed by atoms with Crippen LogP contribution in [0.5, 0.6) is 0 Å². The van der Waals surface area contributed by atoms with Crippen LogP contribution >= 0.6 is 0 Å². The highest BCUT2D eigenvalue weighted by atomic mass is 14.6. The summed E-state index contributed by atoms with van der Waals surface area (Å²) in [6.45, 7) is 22.7. The van der Waals surface area contributed by atoms with Gasteiger partial charge < -0.3 is 0 Å². The highest BCUT2D eigenvalue weighted by Crippen LogP contribution is 2.52. The van der Waals surface area contributed by atoms with Gasteiger partial charge in [-0.05, 0) is 115 Å². The molecule has 1 heteroatoms. The van der Waals surface area contributed by atoms with Gasteiger partial charge in [-0.15, -0.1) is 19.4 Å². The summed E-state index contributed by atoms with van der Waals surface area (Å²) < 4.78 is 0. The van der Waals surface area contributed by atoms with E-state index in [1.807, 2.05) is 60.0 Å². The van der Waals surface area contributed by atoms with Crippen molar-refractivity contribution < 1.29 is 0 Å². The van der Waals surface area contributed by atoms with Crippen LogP contribution in [-0.2, 0) is 6.42 Å². The highest BCUT2D eigenvalue weighted by molar-refractivity contribution is 6.13. The maximum absolute atomic E-state index is 4.18. The molecule has 1 aliphatic carbocycles. The molecule has 1 nitrogen and oxygen atoms in total. The Balaban J connectivity index is 0.00000222. The summed E-state index contributed by atoms with van der Waals surface area (Å²) in [5, 5.41) is 5.18. The Bertz CT molecular complexity index is 1980. The summed E-state index contributed by atoms with van der Waals surface area (Å²) in [6, 6.07) is 15.7. The third-order valence-corrected chi connectivity index (χ3v) is 8.87. The molecule has 0 saturated carbocycles. The van der Waals surface area contributed by atoms with E-state index in [4.69, 9.17) is 0 Å². The van der Waals surface area contributed by atoms with Crippen LogP contribution < -0.4 is 0 Å². The number of aliphatic imine (C=N–C) groups is 1. The molecule has 4 rings (SSSR count). The number of nitrogens with zero attached hydrogens (tertiary/aromatic N) is 1. The number of benzene rings is 3. The summed E-state index contributed by atoms with van der Waals surface area (Å²) >= 11 is 0. The fourth-order valence-corrected chi connectivity index (χ4v) is 6.67. The molecule has 276 valence electrons. The highest BCUT2D eigenvalue weighted by Gasteiger charge is 2.39. The first-order valence-corrected chi connectivity index (χ1v) is 19.0. The van der Waals surface area contributed by atoms with Gasteiger partial charge in [0.2, 0.25) is 0 Å². The van der Waals surface area contributed by atoms with Gasteiger partial charge >= 0.3 is 0 Å². The quantitative estimate of drug-likeness (QED) is 0.0553. The van der Waals surface area contributed by atoms with E-state index in [1.165, 1.54) is 60.5 Å². The summed E-state index contributed by atoms with van der Waals surface area (Å²) in [5.74, 6) is 0. The monoisotopic (exact) mass is 701 g/mol. The maximum Gasteiger partial charge on any atom is 0.0391 e. The van der Waals surface area contributed by atoms with Crippen molar-refractivity contribution >= 4 is 33.8 Å². The van der Waals surface area contributed by atoms with Gasteiger partial charge in [0.1, 0.15) is 0 Å². The summed E-state index contributed by atoms with van der Waals surface area (Å²) in [7, 11) is 1.81. The molecular formula is C52H63N. The Labute approximate surface area is 323 Å². The summed E-state index contributed by atoms with van der Waals surface area (Å²) in [6.07, 6.45) is 48.4. The second kappa shape index (κ2) is 25.5. The normalized spacial score (nSPS) is 16.5. The van der Waals surface area contributed by atoms with Crippen molar-refractivity contribution in [3.63, 3.8) is 0 Å². The first-order chi connectivity index (χ1) is 26.0. The number of rotatable bonds is 13. The first-order valence-electron chi connectivity index (χ1n) is 19.0. The molecule has 0 saturated heterocycles. The van der Waals surface area contributed by atoms with Crippen molar-refractivity contribution in [1.29, 1.82) is 0 Å². The molecule has 3 aromatic rings. The average molecular weight is 702 g/mol. The van der Waals surface area contributed by atoms with Gasteiger partial charge in [0.15, 0.2) is 0 Å². The smallest absolute Gasteiger partial charge is 0.0391 e. The lowest BCUT2D eigenvalue weighted by Crippen LogP contribution is -2.19. The Hall–Kier alpha value is -5.45. The molecule has 1 aliphatic rings. The predicted molar refractivity (Wildman–Crippen MR) is 244 cm³/mol. The topological polar surface area (TPSA) is 12.4 Å². The Kier molecular flexibility index (Phi) is 21.9. The molecule has 1 atom stereocenters. The number of hydrogen-bond acceptors (Lipinski definition) is 1. The van der Waals surface area contributed by atoms with Crippen LogP contribution in [0.1, 0.15) is 78.5 Å². The number of allylic oxidation sites excluding steroid dienone is 20. The van der Waals surface area contributed by atoms with E-state index in [2.05, 4.69) is 186 Å². The van der Waals surface area contributed by atoms with Crippen LogP contribution in [0.4, 0.5) is 0 Å². The van der Waals surface area contributed by atoms with Crippen molar-refractivity contribution in [2.45, 2.75) is 75.2 Å². The number of aryl methyl sites for hydroxylation is 1. The molecule has 0 fully saturated rings. The lowest BCUT2D eigenvalue weighted by Gasteiger charge is -2.30. The third-order valence-electron chi connectivity index (χ3n) is 8.87. The van der Waals surface area contributed by atoms with Crippen molar-refractivity contribution in [1.82, 2.24) is 0 Å². The van der Waals surface area contributed by atoms with Gasteiger partial charge in [0.25, 0.3) is 0 Å². The van der Waals surface area contributed by atoms with Crippen LogP contribution in [0.2, 0.25) is 0 Å². The molecule has 0 radical (unpaired) electrons. The van der Waals surface area contributed by atoms with Crippen LogP contribution in [0.3, 0.4) is 0 Å². The Morgan fingerprint density at radius 2 is 1.40 bits per heavy atom. The van der Waals surface area contributed by atoms with Crippen LogP contribution in [0.15, 0.2) is 174 Å². The molecule has 0 aromatic heterocycles. The molecule has 3 aromatic carbocycles. The van der Waals surface area contributed by atoms with Crippen LogP contribution in [0.25, 0.3) is 27.6 Å². The number of terminal acetylenes is 1. The molecule has 1 unspecified atom stereocenters. The number of fused-ring (bicyclic) bond motifs is 3. The first kappa shape index (κ1) is 45.6. The molecule has 53 heavy (non-hydrogen) atoms. The van der Waals surface area contributed by atoms with Gasteiger partial charge in [0, 0.05) is 18.7 Å². The van der Waals surface area contributed by atoms with Crippen LogP contribution in [-0.4, -0.2) is 13.3 Å². The SMILES string of the molecule is C#C.C=CCc1cccc2cc(/C=C/C3=C(/C=C\C)C(/C=C/C=C\C=C/C)(C/C=C\C=NC)C(C)=C3/C=C\C=C/C)c3cccc(C)c3c12.CC.CC. The summed E-state index contributed by atoms with van der Waals surface area (Å²) in [5.41, 5.74) is 8.61. The largest absolute Gasteiger partial charge is 0.297 e. The molecule has 0 N–H and O–H groups in total. The molecule has 0 aliphatic heterocycles. The molecule has 0 heterocycles. The van der Waals surface area contributed by atoms with E-state index in [0.29, 0.717) is 0 Å². The fraction of sp³-hybridized carbons (Fsp3) is 0.250. The lowest BCUT2D eigenvalue weighted by atomic mass is 9.73. The van der Waals surface area contributed by atoms with E-state index < -0.39 is 0 Å². The van der Waals surface area contributed by atoms with E-state index >= 15 is 0 Å². The minimum Gasteiger partial charge on any atom is -0.297 e. The van der Waals surface area contributed by atoms with Gasteiger partial charge in [-0.2, -0.15) is 0 Å². The fourth-order valence-electron chi connectivity index (χ4n) is 6.67. The van der Waals surface area contributed by atoms with Crippen molar-refractivity contribution in [2.24, 2.45) is 10.4 Å². The van der Waals surface area contributed by atoms with Crippen molar-refractivity contribution in [3.8, 4) is 12.8 Å². The summed E-state index contributed by atoms with van der Waals surface area (Å²) in [4.78, 5) is 4.18. The molecule has 0 amide bonds. The minimum absolute atomic E-state index is 0.318. The standard InChI is InChI=1S/C46H49N.2C2H6.C2H2/c1-8-12-14-15-17-31-46(32-18-19-33-47-7)36(6)40(27-16-13-9-2)42(43(46)23-11-4)30-29-38-34-39-26-21-25-37(22-10-3)45(39)44-35(5)24-20-28-41(38)44;3*1-2/h8-21,23-31,33-34H,3,22,32H2,1-2,4-7H3;2*1-2H3;1-2H/b12-8-,13-9-,15-14-,19-18-,23-11-,27-16-,30-29+,31-17+,47-33?;;;. The number of hydrogen-bond donors (Lipinski definition) is 0. The van der Waals surface area contributed by atoms with Crippen LogP contribution in [0, 0.1) is 25.2 Å². The Morgan fingerprint density at radius 1 is 0.717 bits per heavy atom. The minimum atomic E-state index is -0.318. The third kappa shape index (κ3) is 11.5. The van der Waals surface area contributed by atoms with Crippen molar-refractivity contribution in [3.05, 3.63) is 185 Å². The zero-order chi connectivity index (χ0) is 39.6. The van der Waals surface area contributed by atoms with Crippen molar-refractivity contribution in [2.75, 3.05) is 7.05 Å². The zero-order valence-corrected chi connectivity index (χ0v) is 34.2. The lowest BCUT2D eigenvalue weighted by molar-refractivity contribution is 0.578. The Morgan fingerprint density at radius 3 is 2.06 bits per heavy atom. The second-order valence-corrected chi connectivity index (χ2v) is 11.8. The van der Waals surface area contributed by atoms with Gasteiger partial charge in [-0.1, -0.05) is 167 Å². The van der Waals surface area contributed by atoms with Gasteiger partial charge in [0.05, 0.1) is 0 Å². The van der Waals surface area contributed by atoms with E-state index in [9.17, 15) is 0 Å². The predicted octanol–water partition coefficient (Wildman–Crippen LogP) is 15.0. The van der Waals surface area contributed by atoms with Gasteiger partial charge in [-0.3, -0.25) is 4.99 Å². The maximum atomic E-state index is 4.18. The second-order valence-electron chi connectivity index (χ2n) is 11.8.